The van der Waals surface area contributed by atoms with Crippen molar-refractivity contribution in [3.05, 3.63) is 35.9 Å². The summed E-state index contributed by atoms with van der Waals surface area (Å²) in [6.07, 6.45) is 5.77. The lowest BCUT2D eigenvalue weighted by molar-refractivity contribution is 0.122. The summed E-state index contributed by atoms with van der Waals surface area (Å²) in [4.78, 5) is 0. The molecule has 0 spiro atoms. The average Bonchev–Trinajstić information content (AvgIpc) is 2.99. The molecule has 110 valence electrons. The molecule has 0 atom stereocenters. The van der Waals surface area contributed by atoms with Gasteiger partial charge in [-0.2, -0.15) is 10.2 Å². The van der Waals surface area contributed by atoms with Gasteiger partial charge in [0.2, 0.25) is 0 Å². The maximum Gasteiger partial charge on any atom is 0.257 e. The van der Waals surface area contributed by atoms with E-state index >= 15 is 0 Å². The molecule has 2 aromatic rings. The van der Waals surface area contributed by atoms with E-state index < -0.39 is 6.43 Å². The van der Waals surface area contributed by atoms with E-state index in [-0.39, 0.29) is 6.54 Å². The predicted octanol–water partition coefficient (Wildman–Crippen LogP) is 2.04. The van der Waals surface area contributed by atoms with E-state index in [1.54, 1.807) is 12.4 Å². The molecule has 0 amide bonds. The molecule has 0 aliphatic carbocycles. The summed E-state index contributed by atoms with van der Waals surface area (Å²) in [5, 5.41) is 11.4. The van der Waals surface area contributed by atoms with Crippen LogP contribution in [0, 0.1) is 0 Å². The van der Waals surface area contributed by atoms with Crippen LogP contribution in [0.15, 0.2) is 24.8 Å². The van der Waals surface area contributed by atoms with Crippen molar-refractivity contribution in [1.29, 1.82) is 0 Å². The van der Waals surface area contributed by atoms with Gasteiger partial charge in [-0.05, 0) is 6.42 Å². The Kier molecular flexibility index (Phi) is 5.23. The lowest BCUT2D eigenvalue weighted by Gasteiger charge is -2.01. The normalized spacial score (nSPS) is 11.4. The summed E-state index contributed by atoms with van der Waals surface area (Å²) in [6, 6.07) is 0. The Balaban J connectivity index is 1.75. The minimum absolute atomic E-state index is 0.357. The van der Waals surface area contributed by atoms with Gasteiger partial charge in [-0.15, -0.1) is 0 Å². The van der Waals surface area contributed by atoms with Gasteiger partial charge in [0.1, 0.15) is 6.54 Å². The van der Waals surface area contributed by atoms with Crippen LogP contribution in [0.2, 0.25) is 0 Å². The van der Waals surface area contributed by atoms with Crippen LogP contribution in [0.4, 0.5) is 8.78 Å². The van der Waals surface area contributed by atoms with E-state index in [0.29, 0.717) is 13.1 Å². The third-order valence-corrected chi connectivity index (χ3v) is 2.81. The SMILES string of the molecule is CCCn1cc(CNCc2cnn(CC(F)F)c2)cn1. The first kappa shape index (κ1) is 14.6. The smallest absolute Gasteiger partial charge is 0.257 e. The van der Waals surface area contributed by atoms with Gasteiger partial charge in [-0.25, -0.2) is 8.78 Å². The molecule has 0 aromatic carbocycles. The molecule has 2 heterocycles. The second kappa shape index (κ2) is 7.14. The van der Waals surface area contributed by atoms with Crippen LogP contribution < -0.4 is 5.32 Å². The second-order valence-electron chi connectivity index (χ2n) is 4.68. The number of rotatable bonds is 8. The summed E-state index contributed by atoms with van der Waals surface area (Å²) in [6.45, 7) is 3.97. The molecule has 2 rings (SSSR count). The predicted molar refractivity (Wildman–Crippen MR) is 71.3 cm³/mol. The number of hydrogen-bond donors (Lipinski definition) is 1. The molecule has 1 N–H and O–H groups in total. The van der Waals surface area contributed by atoms with E-state index in [1.807, 2.05) is 17.1 Å². The maximum atomic E-state index is 12.2. The van der Waals surface area contributed by atoms with Crippen molar-refractivity contribution in [3.63, 3.8) is 0 Å². The monoisotopic (exact) mass is 283 g/mol. The van der Waals surface area contributed by atoms with Crippen molar-refractivity contribution < 1.29 is 8.78 Å². The van der Waals surface area contributed by atoms with Crippen molar-refractivity contribution in [3.8, 4) is 0 Å². The van der Waals surface area contributed by atoms with Crippen LogP contribution in [-0.2, 0) is 26.2 Å². The number of nitrogens with zero attached hydrogens (tertiary/aromatic N) is 4. The Morgan fingerprint density at radius 1 is 1.10 bits per heavy atom. The van der Waals surface area contributed by atoms with E-state index in [1.165, 1.54) is 4.68 Å². The molecule has 0 fully saturated rings. The molecule has 0 aliphatic heterocycles. The number of halogens is 2. The number of hydrogen-bond acceptors (Lipinski definition) is 3. The van der Waals surface area contributed by atoms with Gasteiger partial charge >= 0.3 is 0 Å². The topological polar surface area (TPSA) is 47.7 Å². The fourth-order valence-corrected chi connectivity index (χ4v) is 1.94. The van der Waals surface area contributed by atoms with Crippen molar-refractivity contribution in [2.24, 2.45) is 0 Å². The van der Waals surface area contributed by atoms with Gasteiger partial charge in [-0.1, -0.05) is 6.92 Å². The Morgan fingerprint density at radius 3 is 2.30 bits per heavy atom. The van der Waals surface area contributed by atoms with E-state index in [9.17, 15) is 8.78 Å². The summed E-state index contributed by atoms with van der Waals surface area (Å²) in [7, 11) is 0. The van der Waals surface area contributed by atoms with Gasteiger partial charge in [0, 0.05) is 43.2 Å². The summed E-state index contributed by atoms with van der Waals surface area (Å²) >= 11 is 0. The Morgan fingerprint density at radius 2 is 1.70 bits per heavy atom. The molecule has 0 aliphatic rings. The molecule has 0 saturated heterocycles. The minimum Gasteiger partial charge on any atom is -0.308 e. The van der Waals surface area contributed by atoms with Gasteiger partial charge in [0.25, 0.3) is 6.43 Å². The summed E-state index contributed by atoms with van der Waals surface area (Å²) in [5.41, 5.74) is 2.00. The van der Waals surface area contributed by atoms with Gasteiger partial charge in [-0.3, -0.25) is 9.36 Å². The molecule has 7 heteroatoms. The van der Waals surface area contributed by atoms with E-state index in [4.69, 9.17) is 0 Å². The first-order valence-electron chi connectivity index (χ1n) is 6.69. The zero-order chi connectivity index (χ0) is 14.4. The molecule has 0 bridgehead atoms. The molecule has 0 radical (unpaired) electrons. The highest BCUT2D eigenvalue weighted by atomic mass is 19.3. The molecule has 20 heavy (non-hydrogen) atoms. The zero-order valence-electron chi connectivity index (χ0n) is 11.5. The third kappa shape index (κ3) is 4.41. The fraction of sp³-hybridized carbons (Fsp3) is 0.538. The van der Waals surface area contributed by atoms with Gasteiger partial charge < -0.3 is 5.32 Å². The van der Waals surface area contributed by atoms with Crippen molar-refractivity contribution in [1.82, 2.24) is 24.9 Å². The first-order valence-corrected chi connectivity index (χ1v) is 6.69. The van der Waals surface area contributed by atoms with Gasteiger partial charge in [0.15, 0.2) is 0 Å². The van der Waals surface area contributed by atoms with Crippen LogP contribution >= 0.6 is 0 Å². The average molecular weight is 283 g/mol. The molecular formula is C13H19F2N5. The number of alkyl halides is 2. The van der Waals surface area contributed by atoms with Crippen molar-refractivity contribution >= 4 is 0 Å². The molecule has 5 nitrogen and oxygen atoms in total. The van der Waals surface area contributed by atoms with Crippen LogP contribution in [-0.4, -0.2) is 26.0 Å². The Hall–Kier alpha value is -1.76. The highest BCUT2D eigenvalue weighted by Gasteiger charge is 2.05. The number of aromatic nitrogens is 4. The lowest BCUT2D eigenvalue weighted by Crippen LogP contribution is -2.12. The van der Waals surface area contributed by atoms with E-state index in [2.05, 4.69) is 22.4 Å². The Labute approximate surface area is 116 Å². The lowest BCUT2D eigenvalue weighted by atomic mass is 10.3. The zero-order valence-corrected chi connectivity index (χ0v) is 11.5. The minimum atomic E-state index is -2.37. The molecule has 2 aromatic heterocycles. The highest BCUT2D eigenvalue weighted by Crippen LogP contribution is 2.03. The van der Waals surface area contributed by atoms with Gasteiger partial charge in [0.05, 0.1) is 12.4 Å². The quantitative estimate of drug-likeness (QED) is 0.806. The van der Waals surface area contributed by atoms with Crippen LogP contribution in [0.25, 0.3) is 0 Å². The number of aryl methyl sites for hydroxylation is 1. The Bertz CT molecular complexity index is 520. The number of nitrogens with one attached hydrogen (secondary N) is 1. The van der Waals surface area contributed by atoms with Crippen LogP contribution in [0.3, 0.4) is 0 Å². The highest BCUT2D eigenvalue weighted by molar-refractivity contribution is 5.06. The molecular weight excluding hydrogens is 264 g/mol. The molecule has 0 unspecified atom stereocenters. The van der Waals surface area contributed by atoms with Crippen molar-refractivity contribution in [2.45, 2.75) is 45.9 Å². The van der Waals surface area contributed by atoms with Crippen LogP contribution in [0.5, 0.6) is 0 Å². The standard InChI is InChI=1S/C13H19F2N5/c1-2-3-19-8-11(6-17-19)4-16-5-12-7-18-20(9-12)10-13(14)15/h6-9,13,16H,2-5,10H2,1H3. The first-order chi connectivity index (χ1) is 9.67. The molecule has 0 saturated carbocycles. The van der Waals surface area contributed by atoms with E-state index in [0.717, 1.165) is 24.1 Å². The summed E-state index contributed by atoms with van der Waals surface area (Å²) in [5.74, 6) is 0. The summed E-state index contributed by atoms with van der Waals surface area (Å²) < 4.78 is 27.5. The third-order valence-electron chi connectivity index (χ3n) is 2.81. The van der Waals surface area contributed by atoms with Crippen molar-refractivity contribution in [2.75, 3.05) is 0 Å². The largest absolute Gasteiger partial charge is 0.308 e. The second-order valence-corrected chi connectivity index (χ2v) is 4.68. The fourth-order valence-electron chi connectivity index (χ4n) is 1.94. The maximum absolute atomic E-state index is 12.2. The van der Waals surface area contributed by atoms with Crippen LogP contribution in [0.1, 0.15) is 24.5 Å².